The molecule has 5 aromatic rings. The molecule has 10 nitrogen and oxygen atoms in total. The lowest BCUT2D eigenvalue weighted by atomic mass is 10.1. The first-order valence-corrected chi connectivity index (χ1v) is 9.78. The molecule has 1 amide bonds. The molecule has 0 aliphatic heterocycles. The molecule has 32 heavy (non-hydrogen) atoms. The van der Waals surface area contributed by atoms with Gasteiger partial charge in [-0.2, -0.15) is 5.10 Å². The van der Waals surface area contributed by atoms with E-state index < -0.39 is 5.91 Å². The van der Waals surface area contributed by atoms with Crippen molar-refractivity contribution in [3.05, 3.63) is 87.6 Å². The topological polar surface area (TPSA) is 128 Å². The third-order valence-electron chi connectivity index (χ3n) is 5.15. The lowest BCUT2D eigenvalue weighted by Crippen LogP contribution is -2.28. The molecule has 3 aromatic heterocycles. The first-order valence-electron chi connectivity index (χ1n) is 9.78. The highest BCUT2D eigenvalue weighted by Gasteiger charge is 2.15. The van der Waals surface area contributed by atoms with Gasteiger partial charge in [-0.15, -0.1) is 0 Å². The van der Waals surface area contributed by atoms with Gasteiger partial charge in [0.05, 0.1) is 41.1 Å². The summed E-state index contributed by atoms with van der Waals surface area (Å²) in [5.74, 6) is -0.407. The summed E-state index contributed by atoms with van der Waals surface area (Å²) in [5, 5.41) is 7.85. The molecule has 0 spiro atoms. The molecule has 0 fully saturated rings. The fourth-order valence-electron chi connectivity index (χ4n) is 3.59. The SMILES string of the molecule is Cc1cccc2c(=O)n(CC(=O)Nc3ccccc3-n3ncc4c(=O)[nH]cnc43)cnc12. The van der Waals surface area contributed by atoms with Gasteiger partial charge in [0.25, 0.3) is 11.1 Å². The van der Waals surface area contributed by atoms with Crippen molar-refractivity contribution in [2.75, 3.05) is 5.32 Å². The van der Waals surface area contributed by atoms with Gasteiger partial charge in [0.2, 0.25) is 5.91 Å². The average Bonchev–Trinajstić information content (AvgIpc) is 3.22. The summed E-state index contributed by atoms with van der Waals surface area (Å²) in [6.07, 6.45) is 4.09. The number of amides is 1. The Bertz CT molecular complexity index is 1610. The molecule has 0 saturated carbocycles. The minimum Gasteiger partial charge on any atom is -0.323 e. The number of fused-ring (bicyclic) bond motifs is 2. The zero-order chi connectivity index (χ0) is 22.2. The Labute approximate surface area is 180 Å². The van der Waals surface area contributed by atoms with Gasteiger partial charge in [-0.05, 0) is 30.7 Å². The van der Waals surface area contributed by atoms with Crippen LogP contribution in [-0.4, -0.2) is 35.2 Å². The van der Waals surface area contributed by atoms with Gasteiger partial charge in [-0.25, -0.2) is 14.6 Å². The molecule has 3 heterocycles. The Morgan fingerprint density at radius 1 is 1.06 bits per heavy atom. The van der Waals surface area contributed by atoms with Crippen LogP contribution in [0.3, 0.4) is 0 Å². The van der Waals surface area contributed by atoms with Crippen LogP contribution >= 0.6 is 0 Å². The molecular formula is C22H17N7O3. The van der Waals surface area contributed by atoms with E-state index in [1.807, 2.05) is 13.0 Å². The molecule has 0 unspecified atom stereocenters. The first-order chi connectivity index (χ1) is 15.5. The Morgan fingerprint density at radius 3 is 2.78 bits per heavy atom. The van der Waals surface area contributed by atoms with Crippen molar-refractivity contribution in [2.24, 2.45) is 0 Å². The van der Waals surface area contributed by atoms with Gasteiger partial charge in [0, 0.05) is 0 Å². The van der Waals surface area contributed by atoms with Crippen molar-refractivity contribution >= 4 is 33.5 Å². The normalized spacial score (nSPS) is 11.2. The number of anilines is 1. The second-order valence-corrected chi connectivity index (χ2v) is 7.24. The molecule has 2 N–H and O–H groups in total. The summed E-state index contributed by atoms with van der Waals surface area (Å²) < 4.78 is 2.75. The molecule has 5 rings (SSSR count). The number of benzene rings is 2. The maximum atomic E-state index is 12.8. The van der Waals surface area contributed by atoms with E-state index in [1.54, 1.807) is 36.4 Å². The highest BCUT2D eigenvalue weighted by atomic mass is 16.2. The van der Waals surface area contributed by atoms with E-state index in [9.17, 15) is 14.4 Å². The number of aryl methyl sites for hydroxylation is 1. The van der Waals surface area contributed by atoms with Crippen LogP contribution in [0, 0.1) is 6.92 Å². The van der Waals surface area contributed by atoms with Crippen LogP contribution in [0.5, 0.6) is 0 Å². The van der Waals surface area contributed by atoms with Gasteiger partial charge in [0.1, 0.15) is 11.9 Å². The number of carbonyl (C=O) groups is 1. The van der Waals surface area contributed by atoms with Gasteiger partial charge in [-0.1, -0.05) is 24.3 Å². The minimum absolute atomic E-state index is 0.207. The fraction of sp³-hybridized carbons (Fsp3) is 0.0909. The molecule has 0 aliphatic carbocycles. The number of nitrogens with one attached hydrogen (secondary N) is 2. The minimum atomic E-state index is -0.407. The number of hydrogen-bond donors (Lipinski definition) is 2. The van der Waals surface area contributed by atoms with Crippen LogP contribution in [0.15, 0.2) is 70.9 Å². The molecule has 158 valence electrons. The molecule has 0 saturated heterocycles. The third kappa shape index (κ3) is 3.23. The van der Waals surface area contributed by atoms with Gasteiger partial charge in [0.15, 0.2) is 5.65 Å². The monoisotopic (exact) mass is 427 g/mol. The van der Waals surface area contributed by atoms with E-state index in [0.717, 1.165) is 5.56 Å². The predicted octanol–water partition coefficient (Wildman–Crippen LogP) is 1.77. The summed E-state index contributed by atoms with van der Waals surface area (Å²) in [6.45, 7) is 1.67. The fourth-order valence-corrected chi connectivity index (χ4v) is 3.59. The molecule has 0 atom stereocenters. The van der Waals surface area contributed by atoms with E-state index in [-0.39, 0.29) is 17.7 Å². The molecule has 0 bridgehead atoms. The summed E-state index contributed by atoms with van der Waals surface area (Å²) in [4.78, 5) is 48.6. The number of aromatic amines is 1. The van der Waals surface area contributed by atoms with Gasteiger partial charge >= 0.3 is 0 Å². The number of hydrogen-bond acceptors (Lipinski definition) is 6. The number of aromatic nitrogens is 6. The lowest BCUT2D eigenvalue weighted by molar-refractivity contribution is -0.116. The molecular weight excluding hydrogens is 410 g/mol. The third-order valence-corrected chi connectivity index (χ3v) is 5.15. The van der Waals surface area contributed by atoms with Gasteiger partial charge in [-0.3, -0.25) is 19.0 Å². The smallest absolute Gasteiger partial charge is 0.261 e. The number of nitrogens with zero attached hydrogens (tertiary/aromatic N) is 5. The van der Waals surface area contributed by atoms with Crippen LogP contribution in [0.2, 0.25) is 0 Å². The van der Waals surface area contributed by atoms with Crippen molar-refractivity contribution in [1.82, 2.24) is 29.3 Å². The van der Waals surface area contributed by atoms with Crippen molar-refractivity contribution in [3.8, 4) is 5.69 Å². The van der Waals surface area contributed by atoms with Crippen molar-refractivity contribution < 1.29 is 4.79 Å². The highest BCUT2D eigenvalue weighted by Crippen LogP contribution is 2.22. The van der Waals surface area contributed by atoms with Gasteiger partial charge < -0.3 is 10.3 Å². The summed E-state index contributed by atoms with van der Waals surface area (Å²) in [5.41, 5.74) is 2.28. The number of carbonyl (C=O) groups excluding carboxylic acids is 1. The Kier molecular flexibility index (Phi) is 4.59. The maximum absolute atomic E-state index is 12.8. The Morgan fingerprint density at radius 2 is 1.91 bits per heavy atom. The first kappa shape index (κ1) is 19.4. The molecule has 0 aliphatic rings. The standard InChI is InChI=1S/C22H17N7O3/c1-13-5-4-6-14-19(13)25-12-28(22(14)32)10-18(30)27-16-7-2-3-8-17(16)29-20-15(9-26-29)21(31)24-11-23-20/h2-9,11-12H,10H2,1H3,(H,27,30)(H,23,24,31). The summed E-state index contributed by atoms with van der Waals surface area (Å²) in [7, 11) is 0. The van der Waals surface area contributed by atoms with E-state index in [1.165, 1.54) is 28.1 Å². The lowest BCUT2D eigenvalue weighted by Gasteiger charge is -2.12. The predicted molar refractivity (Wildman–Crippen MR) is 119 cm³/mol. The van der Waals surface area contributed by atoms with E-state index in [2.05, 4.69) is 25.4 Å². The molecule has 10 heteroatoms. The van der Waals surface area contributed by atoms with Crippen molar-refractivity contribution in [2.45, 2.75) is 13.5 Å². The van der Waals surface area contributed by atoms with E-state index in [0.29, 0.717) is 33.3 Å². The quantitative estimate of drug-likeness (QED) is 0.450. The summed E-state index contributed by atoms with van der Waals surface area (Å²) >= 11 is 0. The van der Waals surface area contributed by atoms with Crippen LogP contribution in [0.4, 0.5) is 5.69 Å². The highest BCUT2D eigenvalue weighted by molar-refractivity contribution is 5.93. The van der Waals surface area contributed by atoms with Crippen LogP contribution < -0.4 is 16.4 Å². The number of rotatable bonds is 4. The van der Waals surface area contributed by atoms with Crippen LogP contribution in [0.1, 0.15) is 5.56 Å². The van der Waals surface area contributed by atoms with E-state index >= 15 is 0 Å². The number of H-pyrrole nitrogens is 1. The average molecular weight is 427 g/mol. The zero-order valence-corrected chi connectivity index (χ0v) is 16.9. The Hall–Kier alpha value is -4.60. The second kappa shape index (κ2) is 7.58. The molecule has 0 radical (unpaired) electrons. The molecule has 2 aromatic carbocycles. The van der Waals surface area contributed by atoms with Crippen LogP contribution in [-0.2, 0) is 11.3 Å². The van der Waals surface area contributed by atoms with Crippen LogP contribution in [0.25, 0.3) is 27.6 Å². The summed E-state index contributed by atoms with van der Waals surface area (Å²) in [6, 6.07) is 12.4. The zero-order valence-electron chi connectivity index (χ0n) is 16.9. The van der Waals surface area contributed by atoms with Crippen molar-refractivity contribution in [1.29, 1.82) is 0 Å². The second-order valence-electron chi connectivity index (χ2n) is 7.24. The Balaban J connectivity index is 1.47. The largest absolute Gasteiger partial charge is 0.323 e. The van der Waals surface area contributed by atoms with Crippen molar-refractivity contribution in [3.63, 3.8) is 0 Å². The number of para-hydroxylation sites is 3. The maximum Gasteiger partial charge on any atom is 0.261 e. The van der Waals surface area contributed by atoms with E-state index in [4.69, 9.17) is 0 Å².